The highest BCUT2D eigenvalue weighted by molar-refractivity contribution is 5.13. The van der Waals surface area contributed by atoms with E-state index in [1.54, 1.807) is 0 Å². The van der Waals surface area contributed by atoms with Crippen molar-refractivity contribution in [3.63, 3.8) is 0 Å². The van der Waals surface area contributed by atoms with E-state index in [0.717, 1.165) is 32.1 Å². The second-order valence-corrected chi connectivity index (χ2v) is 12.3. The standard InChI is InChI=1S/C26H42N2O4/c1-5-16-20-13-15(29)8-10-26(20,4)19-9-11-25(3)17(6-7-18(25)22(19)23(16)30)14(2)12-21-27-24(31)32-28-21/h14-20,22-23,29-30H,5-13H2,1-4H3,(H,27,28,31)/t14-,15-,16-,17-,18?,19?,20+,22+,23-,25-,26-/m1/s1. The molecule has 5 rings (SSSR count). The molecule has 1 heterocycles. The van der Waals surface area contributed by atoms with Crippen LogP contribution in [-0.2, 0) is 6.42 Å². The first kappa shape index (κ1) is 22.6. The van der Waals surface area contributed by atoms with Gasteiger partial charge in [-0.25, -0.2) is 4.79 Å². The van der Waals surface area contributed by atoms with Gasteiger partial charge >= 0.3 is 5.76 Å². The maximum absolute atomic E-state index is 11.8. The number of aliphatic hydroxyl groups is 2. The molecule has 2 unspecified atom stereocenters. The van der Waals surface area contributed by atoms with Crippen LogP contribution in [0.15, 0.2) is 9.32 Å². The van der Waals surface area contributed by atoms with E-state index in [4.69, 9.17) is 4.52 Å². The van der Waals surface area contributed by atoms with Crippen molar-refractivity contribution < 1.29 is 14.7 Å². The Balaban J connectivity index is 1.42. The Kier molecular flexibility index (Phi) is 5.64. The Morgan fingerprint density at radius 1 is 1.09 bits per heavy atom. The molecule has 32 heavy (non-hydrogen) atoms. The molecule has 6 heteroatoms. The molecule has 180 valence electrons. The Labute approximate surface area is 191 Å². The largest absolute Gasteiger partial charge is 0.438 e. The molecule has 4 fully saturated rings. The van der Waals surface area contributed by atoms with E-state index in [1.165, 1.54) is 25.7 Å². The summed E-state index contributed by atoms with van der Waals surface area (Å²) in [7, 11) is 0. The van der Waals surface area contributed by atoms with Crippen LogP contribution in [-0.4, -0.2) is 32.6 Å². The summed E-state index contributed by atoms with van der Waals surface area (Å²) in [5.41, 5.74) is 0.469. The molecule has 4 saturated carbocycles. The molecule has 4 aliphatic rings. The maximum atomic E-state index is 11.8. The first-order chi connectivity index (χ1) is 15.2. The minimum Gasteiger partial charge on any atom is -0.393 e. The lowest BCUT2D eigenvalue weighted by atomic mass is 9.41. The number of nitrogens with zero attached hydrogens (tertiary/aromatic N) is 1. The van der Waals surface area contributed by atoms with Gasteiger partial charge in [0.25, 0.3) is 0 Å². The van der Waals surface area contributed by atoms with Crippen LogP contribution in [0.25, 0.3) is 0 Å². The minimum absolute atomic E-state index is 0.195. The zero-order valence-electron chi connectivity index (χ0n) is 20.2. The third-order valence-corrected chi connectivity index (χ3v) is 11.2. The highest BCUT2D eigenvalue weighted by atomic mass is 16.5. The van der Waals surface area contributed by atoms with Crippen LogP contribution < -0.4 is 5.76 Å². The number of H-pyrrole nitrogens is 1. The number of rotatable bonds is 4. The predicted octanol–water partition coefficient (Wildman–Crippen LogP) is 4.17. The van der Waals surface area contributed by atoms with Crippen molar-refractivity contribution in [2.75, 3.05) is 0 Å². The summed E-state index contributed by atoms with van der Waals surface area (Å²) in [6.45, 7) is 9.51. The molecular formula is C26H42N2O4. The highest BCUT2D eigenvalue weighted by Crippen LogP contribution is 2.69. The lowest BCUT2D eigenvalue weighted by molar-refractivity contribution is -0.203. The molecule has 3 N–H and O–H groups in total. The van der Waals surface area contributed by atoms with Gasteiger partial charge in [0.05, 0.1) is 12.2 Å². The number of aromatic amines is 1. The van der Waals surface area contributed by atoms with Crippen molar-refractivity contribution >= 4 is 0 Å². The fourth-order valence-corrected chi connectivity index (χ4v) is 9.73. The fraction of sp³-hybridized carbons (Fsp3) is 0.923. The normalized spacial score (nSPS) is 49.2. The molecule has 0 spiro atoms. The number of nitrogens with one attached hydrogen (secondary N) is 1. The van der Waals surface area contributed by atoms with Crippen molar-refractivity contribution in [3.05, 3.63) is 16.4 Å². The monoisotopic (exact) mass is 446 g/mol. The van der Waals surface area contributed by atoms with Gasteiger partial charge in [0.2, 0.25) is 0 Å². The lowest BCUT2D eigenvalue weighted by Crippen LogP contribution is -2.62. The molecular weight excluding hydrogens is 404 g/mol. The van der Waals surface area contributed by atoms with Crippen molar-refractivity contribution in [2.24, 2.45) is 52.3 Å². The molecule has 0 aromatic carbocycles. The van der Waals surface area contributed by atoms with Crippen LogP contribution in [0.4, 0.5) is 0 Å². The summed E-state index contributed by atoms with van der Waals surface area (Å²) < 4.78 is 4.73. The van der Waals surface area contributed by atoms with Gasteiger partial charge < -0.3 is 10.2 Å². The van der Waals surface area contributed by atoms with Gasteiger partial charge in [-0.15, -0.1) is 0 Å². The second-order valence-electron chi connectivity index (χ2n) is 12.3. The smallest absolute Gasteiger partial charge is 0.393 e. The number of hydrogen-bond donors (Lipinski definition) is 3. The highest BCUT2D eigenvalue weighted by Gasteiger charge is 2.64. The number of aromatic nitrogens is 2. The second kappa shape index (κ2) is 7.97. The van der Waals surface area contributed by atoms with Crippen molar-refractivity contribution in [3.8, 4) is 0 Å². The average molecular weight is 447 g/mol. The van der Waals surface area contributed by atoms with E-state index in [9.17, 15) is 15.0 Å². The molecule has 6 nitrogen and oxygen atoms in total. The summed E-state index contributed by atoms with van der Waals surface area (Å²) in [6.07, 6.45) is 8.98. The molecule has 11 atom stereocenters. The minimum atomic E-state index is -0.473. The Hall–Kier alpha value is -1.14. The van der Waals surface area contributed by atoms with Gasteiger partial charge in [0.15, 0.2) is 5.82 Å². The molecule has 0 saturated heterocycles. The summed E-state index contributed by atoms with van der Waals surface area (Å²) in [4.78, 5) is 14.1. The van der Waals surface area contributed by atoms with Crippen LogP contribution in [0.3, 0.4) is 0 Å². The van der Waals surface area contributed by atoms with Crippen molar-refractivity contribution in [1.29, 1.82) is 0 Å². The van der Waals surface area contributed by atoms with Gasteiger partial charge in [0, 0.05) is 6.42 Å². The molecule has 0 radical (unpaired) electrons. The topological polar surface area (TPSA) is 99.4 Å². The summed E-state index contributed by atoms with van der Waals surface area (Å²) >= 11 is 0. The molecule has 4 aliphatic carbocycles. The quantitative estimate of drug-likeness (QED) is 0.645. The van der Waals surface area contributed by atoms with Gasteiger partial charge in [-0.1, -0.05) is 39.3 Å². The van der Waals surface area contributed by atoms with E-state index < -0.39 is 5.76 Å². The SMILES string of the molecule is CC[C@H]1[C@@H](O)[C@H]2C3CC[C@H]([C@H](C)Cc4noc(=O)[nH]4)[C@@]3(C)CCC2[C@@]2(C)CC[C@@H](O)C[C@@H]12. The zero-order valence-corrected chi connectivity index (χ0v) is 20.2. The third kappa shape index (κ3) is 3.26. The molecule has 0 amide bonds. The summed E-state index contributed by atoms with van der Waals surface area (Å²) in [5, 5.41) is 26.1. The van der Waals surface area contributed by atoms with Gasteiger partial charge in [-0.3, -0.25) is 9.51 Å². The Bertz CT molecular complexity index is 881. The Morgan fingerprint density at radius 3 is 2.50 bits per heavy atom. The van der Waals surface area contributed by atoms with Crippen LogP contribution in [0.1, 0.15) is 84.9 Å². The lowest BCUT2D eigenvalue weighted by Gasteiger charge is -2.64. The molecule has 1 aromatic rings. The van der Waals surface area contributed by atoms with Crippen molar-refractivity contribution in [2.45, 2.75) is 97.7 Å². The number of fused-ring (bicyclic) bond motifs is 5. The van der Waals surface area contributed by atoms with E-state index in [1.807, 2.05) is 0 Å². The summed E-state index contributed by atoms with van der Waals surface area (Å²) in [5.74, 6) is 3.41. The van der Waals surface area contributed by atoms with E-state index >= 15 is 0 Å². The van der Waals surface area contributed by atoms with Gasteiger partial charge in [-0.2, -0.15) is 0 Å². The third-order valence-electron chi connectivity index (χ3n) is 11.2. The number of aliphatic hydroxyl groups excluding tert-OH is 2. The van der Waals surface area contributed by atoms with E-state index in [2.05, 4.69) is 37.8 Å². The maximum Gasteiger partial charge on any atom is 0.438 e. The Morgan fingerprint density at radius 2 is 1.81 bits per heavy atom. The van der Waals surface area contributed by atoms with Gasteiger partial charge in [0.1, 0.15) is 0 Å². The van der Waals surface area contributed by atoms with Gasteiger partial charge in [-0.05, 0) is 97.2 Å². The van der Waals surface area contributed by atoms with Crippen LogP contribution in [0.5, 0.6) is 0 Å². The zero-order chi connectivity index (χ0) is 22.8. The summed E-state index contributed by atoms with van der Waals surface area (Å²) in [6, 6.07) is 0. The van der Waals surface area contributed by atoms with Crippen LogP contribution >= 0.6 is 0 Å². The molecule has 1 aromatic heterocycles. The van der Waals surface area contributed by atoms with Crippen LogP contribution in [0.2, 0.25) is 0 Å². The van der Waals surface area contributed by atoms with Crippen molar-refractivity contribution in [1.82, 2.24) is 10.1 Å². The molecule has 0 aliphatic heterocycles. The average Bonchev–Trinajstić information content (AvgIpc) is 3.32. The van der Waals surface area contributed by atoms with Crippen LogP contribution in [0, 0.1) is 52.3 Å². The first-order valence-corrected chi connectivity index (χ1v) is 13.1. The van der Waals surface area contributed by atoms with E-state index in [0.29, 0.717) is 47.2 Å². The molecule has 0 bridgehead atoms. The first-order valence-electron chi connectivity index (χ1n) is 13.1. The van der Waals surface area contributed by atoms with E-state index in [-0.39, 0.29) is 23.0 Å². The number of hydrogen-bond acceptors (Lipinski definition) is 5. The predicted molar refractivity (Wildman–Crippen MR) is 122 cm³/mol. The fourth-order valence-electron chi connectivity index (χ4n) is 9.73.